The van der Waals surface area contributed by atoms with Crippen LogP contribution in [0.25, 0.3) is 0 Å². The molecule has 0 bridgehead atoms. The van der Waals surface area contributed by atoms with E-state index in [2.05, 4.69) is 9.78 Å². The molecule has 1 aromatic rings. The average Bonchev–Trinajstić information content (AvgIpc) is 2.27. The predicted octanol–water partition coefficient (Wildman–Crippen LogP) is 0.946. The summed E-state index contributed by atoms with van der Waals surface area (Å²) < 4.78 is 0. The van der Waals surface area contributed by atoms with Crippen molar-refractivity contribution in [1.82, 2.24) is 0 Å². The fourth-order valence-electron chi connectivity index (χ4n) is 0.937. The predicted molar refractivity (Wildman–Crippen MR) is 42.5 cm³/mol. The minimum absolute atomic E-state index is 0.200. The summed E-state index contributed by atoms with van der Waals surface area (Å²) in [6, 6.07) is 5.40. The summed E-state index contributed by atoms with van der Waals surface area (Å²) >= 11 is 0. The van der Waals surface area contributed by atoms with E-state index in [4.69, 9.17) is 10.5 Å². The molecule has 14 heavy (non-hydrogen) atoms. The van der Waals surface area contributed by atoms with Gasteiger partial charge in [0.1, 0.15) is 0 Å². The summed E-state index contributed by atoms with van der Waals surface area (Å²) in [6.07, 6.45) is 0. The van der Waals surface area contributed by atoms with Crippen LogP contribution < -0.4 is 0 Å². The third kappa shape index (κ3) is 1.87. The first-order valence-corrected chi connectivity index (χ1v) is 3.51. The second-order valence-corrected chi connectivity index (χ2v) is 2.30. The van der Waals surface area contributed by atoms with E-state index in [0.29, 0.717) is 0 Å². The van der Waals surface area contributed by atoms with Gasteiger partial charge >= 0.3 is 11.9 Å². The van der Waals surface area contributed by atoms with Crippen molar-refractivity contribution in [3.05, 3.63) is 35.4 Å². The lowest BCUT2D eigenvalue weighted by Gasteiger charge is -2.02. The molecule has 0 aromatic heterocycles. The van der Waals surface area contributed by atoms with E-state index >= 15 is 0 Å². The van der Waals surface area contributed by atoms with E-state index in [1.165, 1.54) is 24.3 Å². The number of carbonyl (C=O) groups excluding carboxylic acids is 2. The molecule has 74 valence electrons. The van der Waals surface area contributed by atoms with Gasteiger partial charge in [-0.2, -0.15) is 10.5 Å². The molecule has 0 amide bonds. The molecule has 0 saturated heterocycles. The van der Waals surface area contributed by atoms with Crippen LogP contribution in [-0.2, 0) is 9.78 Å². The average molecular weight is 198 g/mol. The molecule has 0 spiro atoms. The van der Waals surface area contributed by atoms with Gasteiger partial charge in [-0.3, -0.25) is 9.78 Å². The number of hydrogen-bond donors (Lipinski definition) is 2. The lowest BCUT2D eigenvalue weighted by molar-refractivity contribution is -0.185. The Morgan fingerprint density at radius 3 is 1.57 bits per heavy atom. The summed E-state index contributed by atoms with van der Waals surface area (Å²) in [7, 11) is 0. The molecular formula is C8H6O6. The third-order valence-corrected chi connectivity index (χ3v) is 1.53. The number of benzene rings is 1. The van der Waals surface area contributed by atoms with E-state index in [0.717, 1.165) is 0 Å². The van der Waals surface area contributed by atoms with Crippen molar-refractivity contribution in [2.45, 2.75) is 0 Å². The van der Waals surface area contributed by atoms with Crippen molar-refractivity contribution in [2.75, 3.05) is 0 Å². The van der Waals surface area contributed by atoms with Crippen molar-refractivity contribution in [3.8, 4) is 0 Å². The number of rotatable bonds is 2. The van der Waals surface area contributed by atoms with E-state index in [1.807, 2.05) is 0 Å². The maximum absolute atomic E-state index is 10.9. The highest BCUT2D eigenvalue weighted by Crippen LogP contribution is 2.10. The van der Waals surface area contributed by atoms with E-state index < -0.39 is 11.9 Å². The zero-order valence-electron chi connectivity index (χ0n) is 6.84. The Kier molecular flexibility index (Phi) is 3.16. The lowest BCUT2D eigenvalue weighted by Crippen LogP contribution is -2.11. The van der Waals surface area contributed by atoms with E-state index in [9.17, 15) is 9.59 Å². The fraction of sp³-hybridized carbons (Fsp3) is 0. The molecule has 0 saturated carbocycles. The van der Waals surface area contributed by atoms with Gasteiger partial charge in [0, 0.05) is 0 Å². The Morgan fingerprint density at radius 1 is 0.929 bits per heavy atom. The quantitative estimate of drug-likeness (QED) is 0.542. The Balaban J connectivity index is 3.15. The van der Waals surface area contributed by atoms with Crippen molar-refractivity contribution in [2.24, 2.45) is 0 Å². The SMILES string of the molecule is O=C(OO)c1ccccc1C(=O)OO. The van der Waals surface area contributed by atoms with E-state index in [-0.39, 0.29) is 11.1 Å². The molecule has 0 radical (unpaired) electrons. The molecule has 0 aliphatic carbocycles. The molecule has 0 aliphatic rings. The topological polar surface area (TPSA) is 93.1 Å². The fourth-order valence-corrected chi connectivity index (χ4v) is 0.937. The Hall–Kier alpha value is -1.92. The van der Waals surface area contributed by atoms with Crippen LogP contribution in [0.2, 0.25) is 0 Å². The van der Waals surface area contributed by atoms with Crippen LogP contribution in [0.4, 0.5) is 0 Å². The second-order valence-electron chi connectivity index (χ2n) is 2.30. The lowest BCUT2D eigenvalue weighted by atomic mass is 10.1. The molecule has 0 aliphatic heterocycles. The monoisotopic (exact) mass is 198 g/mol. The van der Waals surface area contributed by atoms with Crippen LogP contribution in [0.15, 0.2) is 24.3 Å². The zero-order valence-corrected chi connectivity index (χ0v) is 6.84. The van der Waals surface area contributed by atoms with Gasteiger partial charge in [-0.15, -0.1) is 0 Å². The van der Waals surface area contributed by atoms with Crippen molar-refractivity contribution in [1.29, 1.82) is 0 Å². The largest absolute Gasteiger partial charge is 0.373 e. The summed E-state index contributed by atoms with van der Waals surface area (Å²) in [5.74, 6) is -2.21. The van der Waals surface area contributed by atoms with Crippen molar-refractivity contribution < 1.29 is 29.9 Å². The molecule has 6 nitrogen and oxygen atoms in total. The Labute approximate surface area is 78.2 Å². The smallest absolute Gasteiger partial charge is 0.295 e. The van der Waals surface area contributed by atoms with Crippen LogP contribution in [0.3, 0.4) is 0 Å². The molecule has 2 N–H and O–H groups in total. The third-order valence-electron chi connectivity index (χ3n) is 1.53. The minimum atomic E-state index is -1.11. The van der Waals surface area contributed by atoms with Gasteiger partial charge in [-0.05, 0) is 12.1 Å². The summed E-state index contributed by atoms with van der Waals surface area (Å²) in [6.45, 7) is 0. The highest BCUT2D eigenvalue weighted by molar-refractivity contribution is 6.02. The molecular weight excluding hydrogens is 192 g/mol. The van der Waals surface area contributed by atoms with Crippen LogP contribution in [0.1, 0.15) is 20.7 Å². The summed E-state index contributed by atoms with van der Waals surface area (Å²) in [4.78, 5) is 28.7. The number of hydrogen-bond acceptors (Lipinski definition) is 6. The van der Waals surface area contributed by atoms with Gasteiger partial charge in [-0.1, -0.05) is 12.1 Å². The molecule has 0 atom stereocenters. The zero-order chi connectivity index (χ0) is 10.6. The highest BCUT2D eigenvalue weighted by Gasteiger charge is 2.18. The Morgan fingerprint density at radius 2 is 1.29 bits per heavy atom. The van der Waals surface area contributed by atoms with Gasteiger partial charge < -0.3 is 0 Å². The van der Waals surface area contributed by atoms with Crippen molar-refractivity contribution >= 4 is 11.9 Å². The molecule has 6 heteroatoms. The van der Waals surface area contributed by atoms with Gasteiger partial charge in [0.25, 0.3) is 0 Å². The van der Waals surface area contributed by atoms with Gasteiger partial charge in [0.05, 0.1) is 11.1 Å². The summed E-state index contributed by atoms with van der Waals surface area (Å²) in [5, 5.41) is 16.2. The normalized spacial score (nSPS) is 9.29. The summed E-state index contributed by atoms with van der Waals surface area (Å²) in [5.41, 5.74) is -0.400. The molecule has 0 fully saturated rings. The Bertz CT molecular complexity index is 324. The maximum Gasteiger partial charge on any atom is 0.373 e. The first-order chi connectivity index (χ1) is 6.70. The first-order valence-electron chi connectivity index (χ1n) is 3.51. The van der Waals surface area contributed by atoms with Gasteiger partial charge in [0.15, 0.2) is 0 Å². The van der Waals surface area contributed by atoms with Crippen LogP contribution in [-0.4, -0.2) is 22.5 Å². The minimum Gasteiger partial charge on any atom is -0.295 e. The second kappa shape index (κ2) is 4.35. The van der Waals surface area contributed by atoms with E-state index in [1.54, 1.807) is 0 Å². The molecule has 1 rings (SSSR count). The van der Waals surface area contributed by atoms with Gasteiger partial charge in [-0.25, -0.2) is 9.59 Å². The number of carbonyl (C=O) groups is 2. The first kappa shape index (κ1) is 10.2. The van der Waals surface area contributed by atoms with Crippen LogP contribution >= 0.6 is 0 Å². The van der Waals surface area contributed by atoms with Crippen molar-refractivity contribution in [3.63, 3.8) is 0 Å². The molecule has 0 unspecified atom stereocenters. The standard InChI is InChI=1S/C8H6O6/c9-7(13-11)5-3-1-2-4-6(5)8(10)14-12/h1-4,11-12H. The molecule has 1 aromatic carbocycles. The highest BCUT2D eigenvalue weighted by atomic mass is 17.1. The van der Waals surface area contributed by atoms with Crippen LogP contribution in [0.5, 0.6) is 0 Å². The van der Waals surface area contributed by atoms with Crippen LogP contribution in [0, 0.1) is 0 Å². The van der Waals surface area contributed by atoms with Gasteiger partial charge in [0.2, 0.25) is 0 Å². The molecule has 0 heterocycles. The maximum atomic E-state index is 10.9.